The number of carbonyl (C=O) groups is 1. The standard InChI is InChI=1S/C16H21N3OS/c1-13(18-8-4-5-9-18)12-15(20)19-10-3-2-6-14(19)16-17-7-11-21-16/h4-5,7-9,11,13-14H,2-3,6,10,12H2,1H3. The molecule has 0 bridgehead atoms. The van der Waals surface area contributed by atoms with Crippen molar-refractivity contribution in [1.82, 2.24) is 14.5 Å². The Hall–Kier alpha value is -1.62. The van der Waals surface area contributed by atoms with Crippen LogP contribution in [0.25, 0.3) is 0 Å². The number of piperidine rings is 1. The average molecular weight is 303 g/mol. The van der Waals surface area contributed by atoms with E-state index in [0.717, 1.165) is 24.4 Å². The fraction of sp³-hybridized carbons (Fsp3) is 0.500. The van der Waals surface area contributed by atoms with Gasteiger partial charge in [0.2, 0.25) is 5.91 Å². The number of aromatic nitrogens is 2. The van der Waals surface area contributed by atoms with E-state index in [1.54, 1.807) is 11.3 Å². The number of amides is 1. The second-order valence-corrected chi connectivity index (χ2v) is 6.58. The van der Waals surface area contributed by atoms with Crippen molar-refractivity contribution in [3.8, 4) is 0 Å². The highest BCUT2D eigenvalue weighted by atomic mass is 32.1. The van der Waals surface area contributed by atoms with Crippen LogP contribution in [0.4, 0.5) is 0 Å². The van der Waals surface area contributed by atoms with Crippen molar-refractivity contribution < 1.29 is 4.79 Å². The minimum atomic E-state index is 0.183. The van der Waals surface area contributed by atoms with Crippen LogP contribution in [0.5, 0.6) is 0 Å². The van der Waals surface area contributed by atoms with Gasteiger partial charge >= 0.3 is 0 Å². The van der Waals surface area contributed by atoms with E-state index in [-0.39, 0.29) is 18.0 Å². The Balaban J connectivity index is 1.69. The van der Waals surface area contributed by atoms with Crippen LogP contribution in [0.3, 0.4) is 0 Å². The molecule has 4 nitrogen and oxygen atoms in total. The maximum Gasteiger partial charge on any atom is 0.225 e. The minimum absolute atomic E-state index is 0.183. The van der Waals surface area contributed by atoms with Crippen molar-refractivity contribution in [2.45, 2.75) is 44.7 Å². The zero-order chi connectivity index (χ0) is 14.7. The molecule has 0 aromatic carbocycles. The molecule has 1 fully saturated rings. The Morgan fingerprint density at radius 1 is 1.43 bits per heavy atom. The summed E-state index contributed by atoms with van der Waals surface area (Å²) in [5, 5.41) is 3.08. The molecule has 2 unspecified atom stereocenters. The van der Waals surface area contributed by atoms with E-state index >= 15 is 0 Å². The summed E-state index contributed by atoms with van der Waals surface area (Å²) < 4.78 is 2.10. The van der Waals surface area contributed by atoms with Gasteiger partial charge in [-0.3, -0.25) is 4.79 Å². The summed E-state index contributed by atoms with van der Waals surface area (Å²) >= 11 is 1.66. The summed E-state index contributed by atoms with van der Waals surface area (Å²) in [6.45, 7) is 2.96. The molecule has 1 aliphatic heterocycles. The van der Waals surface area contributed by atoms with Crippen molar-refractivity contribution in [3.05, 3.63) is 41.1 Å². The zero-order valence-electron chi connectivity index (χ0n) is 12.3. The Bertz CT molecular complexity index is 564. The van der Waals surface area contributed by atoms with Crippen molar-refractivity contribution >= 4 is 17.2 Å². The van der Waals surface area contributed by atoms with Crippen molar-refractivity contribution in [1.29, 1.82) is 0 Å². The van der Waals surface area contributed by atoms with Gasteiger partial charge in [-0.2, -0.15) is 0 Å². The highest BCUT2D eigenvalue weighted by molar-refractivity contribution is 7.09. The third kappa shape index (κ3) is 3.18. The zero-order valence-corrected chi connectivity index (χ0v) is 13.1. The number of likely N-dealkylation sites (tertiary alicyclic amines) is 1. The lowest BCUT2D eigenvalue weighted by Crippen LogP contribution is -2.39. The molecule has 0 radical (unpaired) electrons. The Kier molecular flexibility index (Phi) is 4.39. The van der Waals surface area contributed by atoms with Crippen LogP contribution in [-0.2, 0) is 4.79 Å². The lowest BCUT2D eigenvalue weighted by atomic mass is 10.0. The van der Waals surface area contributed by atoms with Crippen LogP contribution in [0.1, 0.15) is 49.7 Å². The second-order valence-electron chi connectivity index (χ2n) is 5.65. The van der Waals surface area contributed by atoms with Gasteiger partial charge in [-0.1, -0.05) is 0 Å². The van der Waals surface area contributed by atoms with E-state index in [9.17, 15) is 4.79 Å². The van der Waals surface area contributed by atoms with Gasteiger partial charge < -0.3 is 9.47 Å². The number of carbonyl (C=O) groups excluding carboxylic acids is 1. The molecule has 1 saturated heterocycles. The van der Waals surface area contributed by atoms with E-state index in [1.807, 2.05) is 41.0 Å². The smallest absolute Gasteiger partial charge is 0.225 e. The fourth-order valence-electron chi connectivity index (χ4n) is 3.00. The molecule has 2 aromatic heterocycles. The average Bonchev–Trinajstić information content (AvgIpc) is 3.20. The van der Waals surface area contributed by atoms with E-state index in [2.05, 4.69) is 16.5 Å². The number of hydrogen-bond acceptors (Lipinski definition) is 3. The first-order chi connectivity index (χ1) is 10.3. The summed E-state index contributed by atoms with van der Waals surface area (Å²) in [6.07, 6.45) is 9.75. The number of nitrogens with zero attached hydrogens (tertiary/aromatic N) is 3. The van der Waals surface area contributed by atoms with Crippen LogP contribution in [0, 0.1) is 0 Å². The van der Waals surface area contributed by atoms with Gasteiger partial charge in [-0.25, -0.2) is 4.98 Å². The van der Waals surface area contributed by atoms with Gasteiger partial charge in [0.1, 0.15) is 5.01 Å². The largest absolute Gasteiger partial charge is 0.351 e. The maximum atomic E-state index is 12.7. The van der Waals surface area contributed by atoms with Crippen LogP contribution in [0.2, 0.25) is 0 Å². The molecule has 0 saturated carbocycles. The molecular formula is C16H21N3OS. The van der Waals surface area contributed by atoms with Crippen molar-refractivity contribution in [2.24, 2.45) is 0 Å². The molecule has 0 spiro atoms. The lowest BCUT2D eigenvalue weighted by molar-refractivity contribution is -0.135. The van der Waals surface area contributed by atoms with E-state index in [4.69, 9.17) is 0 Å². The van der Waals surface area contributed by atoms with E-state index < -0.39 is 0 Å². The predicted molar refractivity (Wildman–Crippen MR) is 84.2 cm³/mol. The molecule has 1 amide bonds. The number of thiazole rings is 1. The molecule has 0 aliphatic carbocycles. The summed E-state index contributed by atoms with van der Waals surface area (Å²) in [6, 6.07) is 4.38. The van der Waals surface area contributed by atoms with Gasteiger partial charge in [0.25, 0.3) is 0 Å². The number of rotatable bonds is 4. The Morgan fingerprint density at radius 3 is 2.95 bits per heavy atom. The first kappa shape index (κ1) is 14.3. The third-order valence-electron chi connectivity index (χ3n) is 4.17. The van der Waals surface area contributed by atoms with Gasteiger partial charge in [0.05, 0.1) is 6.04 Å². The van der Waals surface area contributed by atoms with Crippen LogP contribution in [-0.4, -0.2) is 26.9 Å². The SMILES string of the molecule is CC(CC(=O)N1CCCCC1c1nccs1)n1cccc1. The normalized spacial score (nSPS) is 20.4. The third-order valence-corrected chi connectivity index (χ3v) is 5.04. The monoisotopic (exact) mass is 303 g/mol. The van der Waals surface area contributed by atoms with E-state index in [1.165, 1.54) is 6.42 Å². The quantitative estimate of drug-likeness (QED) is 0.864. The lowest BCUT2D eigenvalue weighted by Gasteiger charge is -2.35. The van der Waals surface area contributed by atoms with Gasteiger partial charge in [0, 0.05) is 43.0 Å². The molecule has 112 valence electrons. The van der Waals surface area contributed by atoms with Crippen LogP contribution in [0.15, 0.2) is 36.1 Å². The molecule has 5 heteroatoms. The Labute approximate surface area is 129 Å². The number of hydrogen-bond donors (Lipinski definition) is 0. The summed E-state index contributed by atoms with van der Waals surface area (Å²) in [7, 11) is 0. The van der Waals surface area contributed by atoms with Gasteiger partial charge in [-0.15, -0.1) is 11.3 Å². The Morgan fingerprint density at radius 2 is 2.24 bits per heavy atom. The topological polar surface area (TPSA) is 38.1 Å². The fourth-order valence-corrected chi connectivity index (χ4v) is 3.79. The second kappa shape index (κ2) is 6.43. The first-order valence-electron chi connectivity index (χ1n) is 7.57. The summed E-state index contributed by atoms with van der Waals surface area (Å²) in [4.78, 5) is 19.2. The van der Waals surface area contributed by atoms with E-state index in [0.29, 0.717) is 6.42 Å². The predicted octanol–water partition coefficient (Wildman–Crippen LogP) is 3.65. The highest BCUT2D eigenvalue weighted by Gasteiger charge is 2.30. The minimum Gasteiger partial charge on any atom is -0.351 e. The van der Waals surface area contributed by atoms with Crippen LogP contribution < -0.4 is 0 Å². The van der Waals surface area contributed by atoms with Gasteiger partial charge in [-0.05, 0) is 38.3 Å². The molecule has 2 aromatic rings. The molecule has 0 N–H and O–H groups in total. The van der Waals surface area contributed by atoms with Crippen molar-refractivity contribution in [2.75, 3.05) is 6.54 Å². The molecule has 3 heterocycles. The first-order valence-corrected chi connectivity index (χ1v) is 8.45. The van der Waals surface area contributed by atoms with Gasteiger partial charge in [0.15, 0.2) is 0 Å². The molecule has 1 aliphatic rings. The molecule has 2 atom stereocenters. The summed E-state index contributed by atoms with van der Waals surface area (Å²) in [5.41, 5.74) is 0. The molecule has 21 heavy (non-hydrogen) atoms. The highest BCUT2D eigenvalue weighted by Crippen LogP contribution is 2.33. The summed E-state index contributed by atoms with van der Waals surface area (Å²) in [5.74, 6) is 0.246. The van der Waals surface area contributed by atoms with Crippen LogP contribution >= 0.6 is 11.3 Å². The molecule has 3 rings (SSSR count). The molecular weight excluding hydrogens is 282 g/mol. The van der Waals surface area contributed by atoms with Crippen molar-refractivity contribution in [3.63, 3.8) is 0 Å². The maximum absolute atomic E-state index is 12.7.